The summed E-state index contributed by atoms with van der Waals surface area (Å²) in [6, 6.07) is 11.3. The highest BCUT2D eigenvalue weighted by Gasteiger charge is 2.25. The minimum Gasteiger partial charge on any atom is -0.507 e. The normalized spacial score (nSPS) is 16.8. The number of nitrogens with zero attached hydrogens (tertiary/aromatic N) is 3. The van der Waals surface area contributed by atoms with Crippen molar-refractivity contribution in [2.45, 2.75) is 19.3 Å². The van der Waals surface area contributed by atoms with E-state index in [-0.39, 0.29) is 11.7 Å². The average Bonchev–Trinajstić information content (AvgIpc) is 3.52. The van der Waals surface area contributed by atoms with Crippen LogP contribution >= 0.6 is 0 Å². The third kappa shape index (κ3) is 3.61. The molecule has 3 aromatic rings. The molecule has 1 saturated carbocycles. The van der Waals surface area contributed by atoms with Crippen molar-refractivity contribution < 1.29 is 14.6 Å². The number of fused-ring (bicyclic) bond motifs is 1. The van der Waals surface area contributed by atoms with E-state index in [2.05, 4.69) is 15.1 Å². The number of anilines is 2. The summed E-state index contributed by atoms with van der Waals surface area (Å²) in [5.41, 5.74) is 3.88. The predicted molar refractivity (Wildman–Crippen MR) is 116 cm³/mol. The van der Waals surface area contributed by atoms with Crippen molar-refractivity contribution in [2.24, 2.45) is 5.92 Å². The van der Waals surface area contributed by atoms with Crippen LogP contribution in [0.15, 0.2) is 36.4 Å². The third-order valence-electron chi connectivity index (χ3n) is 6.07. The highest BCUT2D eigenvalue weighted by Crippen LogP contribution is 2.35. The van der Waals surface area contributed by atoms with E-state index < -0.39 is 0 Å². The van der Waals surface area contributed by atoms with E-state index in [0.29, 0.717) is 24.7 Å². The zero-order valence-corrected chi connectivity index (χ0v) is 17.1. The van der Waals surface area contributed by atoms with Gasteiger partial charge in [-0.1, -0.05) is 6.07 Å². The van der Waals surface area contributed by atoms with Gasteiger partial charge in [0.05, 0.1) is 30.0 Å². The minimum atomic E-state index is -0.243. The van der Waals surface area contributed by atoms with Gasteiger partial charge >= 0.3 is 0 Å². The third-order valence-corrected chi connectivity index (χ3v) is 6.07. The summed E-state index contributed by atoms with van der Waals surface area (Å²) in [6.45, 7) is 3.09. The van der Waals surface area contributed by atoms with Crippen molar-refractivity contribution in [1.29, 1.82) is 0 Å². The van der Waals surface area contributed by atoms with Gasteiger partial charge in [0.2, 0.25) is 0 Å². The van der Waals surface area contributed by atoms with E-state index in [9.17, 15) is 9.90 Å². The molecule has 1 saturated heterocycles. The second-order valence-corrected chi connectivity index (χ2v) is 8.22. The number of phenolic OH excluding ortho intramolecular Hbond substituents is 1. The molecule has 1 aliphatic carbocycles. The Morgan fingerprint density at radius 2 is 2.07 bits per heavy atom. The van der Waals surface area contributed by atoms with E-state index in [0.717, 1.165) is 47.5 Å². The molecular weight excluding hydrogens is 380 g/mol. The van der Waals surface area contributed by atoms with Crippen LogP contribution < -0.4 is 9.80 Å². The van der Waals surface area contributed by atoms with Gasteiger partial charge < -0.3 is 19.6 Å². The number of nitrogens with one attached hydrogen (secondary N) is 1. The Morgan fingerprint density at radius 3 is 2.83 bits per heavy atom. The summed E-state index contributed by atoms with van der Waals surface area (Å²) >= 11 is 0. The van der Waals surface area contributed by atoms with Crippen molar-refractivity contribution in [1.82, 2.24) is 10.2 Å². The van der Waals surface area contributed by atoms with Crippen LogP contribution in [0.25, 0.3) is 10.9 Å². The highest BCUT2D eigenvalue weighted by molar-refractivity contribution is 6.09. The lowest BCUT2D eigenvalue weighted by atomic mass is 10.1. The van der Waals surface area contributed by atoms with Crippen LogP contribution in [0.2, 0.25) is 0 Å². The van der Waals surface area contributed by atoms with Crippen molar-refractivity contribution >= 4 is 28.2 Å². The number of aromatic hydroxyl groups is 1. The van der Waals surface area contributed by atoms with Crippen molar-refractivity contribution in [3.05, 3.63) is 47.7 Å². The van der Waals surface area contributed by atoms with Gasteiger partial charge in [-0.2, -0.15) is 5.10 Å². The van der Waals surface area contributed by atoms with Gasteiger partial charge in [-0.25, -0.2) is 0 Å². The van der Waals surface area contributed by atoms with Gasteiger partial charge in [0.15, 0.2) is 0 Å². The van der Waals surface area contributed by atoms with Gasteiger partial charge in [0, 0.05) is 43.0 Å². The summed E-state index contributed by atoms with van der Waals surface area (Å²) in [5.74, 6) is 0.410. The van der Waals surface area contributed by atoms with E-state index in [1.54, 1.807) is 24.1 Å². The Balaban J connectivity index is 1.43. The first-order valence-electron chi connectivity index (χ1n) is 10.5. The molecule has 2 aliphatic rings. The Morgan fingerprint density at radius 1 is 1.27 bits per heavy atom. The SMILES string of the molecule is CN(C(=O)c1cc2c(CC3CC3)n[nH]c2cc1O)c1cccc(N2CCOCC2)c1. The molecule has 0 atom stereocenters. The van der Waals surface area contributed by atoms with Gasteiger partial charge in [-0.15, -0.1) is 0 Å². The number of aromatic amines is 1. The Kier molecular flexibility index (Phi) is 4.83. The molecule has 2 heterocycles. The number of aromatic nitrogens is 2. The monoisotopic (exact) mass is 406 g/mol. The lowest BCUT2D eigenvalue weighted by molar-refractivity contribution is 0.0990. The lowest BCUT2D eigenvalue weighted by Crippen LogP contribution is -2.36. The second-order valence-electron chi connectivity index (χ2n) is 8.22. The topological polar surface area (TPSA) is 81.7 Å². The molecule has 7 nitrogen and oxygen atoms in total. The summed E-state index contributed by atoms with van der Waals surface area (Å²) in [5, 5.41) is 18.8. The molecule has 2 aromatic carbocycles. The first-order chi connectivity index (χ1) is 14.6. The molecule has 0 spiro atoms. The van der Waals surface area contributed by atoms with E-state index in [4.69, 9.17) is 4.74 Å². The summed E-state index contributed by atoms with van der Waals surface area (Å²) in [4.78, 5) is 17.1. The van der Waals surface area contributed by atoms with Crippen molar-refractivity contribution in [3.63, 3.8) is 0 Å². The molecule has 1 amide bonds. The Hall–Kier alpha value is -3.06. The fourth-order valence-corrected chi connectivity index (χ4v) is 4.05. The molecule has 5 rings (SSSR count). The number of morpholine rings is 1. The molecule has 1 aliphatic heterocycles. The van der Waals surface area contributed by atoms with Gasteiger partial charge in [-0.05, 0) is 49.4 Å². The fraction of sp³-hybridized carbons (Fsp3) is 0.391. The quantitative estimate of drug-likeness (QED) is 0.679. The number of benzene rings is 2. The minimum absolute atomic E-state index is 0.0368. The van der Waals surface area contributed by atoms with Crippen LogP contribution in [-0.2, 0) is 11.2 Å². The van der Waals surface area contributed by atoms with Gasteiger partial charge in [0.25, 0.3) is 5.91 Å². The largest absolute Gasteiger partial charge is 0.507 e. The smallest absolute Gasteiger partial charge is 0.261 e. The molecule has 7 heteroatoms. The second kappa shape index (κ2) is 7.65. The predicted octanol–water partition coefficient (Wildman–Crippen LogP) is 3.33. The first-order valence-corrected chi connectivity index (χ1v) is 10.5. The van der Waals surface area contributed by atoms with E-state index in [1.165, 1.54) is 12.8 Å². The van der Waals surface area contributed by atoms with Crippen molar-refractivity contribution in [2.75, 3.05) is 43.2 Å². The Bertz CT molecular complexity index is 1080. The standard InChI is InChI=1S/C23H26N4O3/c1-26(16-3-2-4-17(12-16)27-7-9-30-10-8-27)23(29)19-13-18-20(11-15-5-6-15)24-25-21(18)14-22(19)28/h2-4,12-15,28H,5-11H2,1H3,(H,24,25). The molecule has 156 valence electrons. The number of amides is 1. The van der Waals surface area contributed by atoms with Crippen LogP contribution in [0.3, 0.4) is 0 Å². The lowest BCUT2D eigenvalue weighted by Gasteiger charge is -2.29. The molecule has 0 bridgehead atoms. The zero-order valence-electron chi connectivity index (χ0n) is 17.1. The number of carbonyl (C=O) groups excluding carboxylic acids is 1. The number of hydrogen-bond acceptors (Lipinski definition) is 5. The maximum atomic E-state index is 13.3. The number of phenols is 1. The molecule has 1 aromatic heterocycles. The van der Waals surface area contributed by atoms with Crippen LogP contribution in [0.1, 0.15) is 28.9 Å². The van der Waals surface area contributed by atoms with E-state index >= 15 is 0 Å². The van der Waals surface area contributed by atoms with Gasteiger partial charge in [-0.3, -0.25) is 9.89 Å². The molecule has 30 heavy (non-hydrogen) atoms. The number of hydrogen-bond donors (Lipinski definition) is 2. The molecule has 0 radical (unpaired) electrons. The maximum absolute atomic E-state index is 13.3. The van der Waals surface area contributed by atoms with Crippen LogP contribution in [-0.4, -0.2) is 54.6 Å². The summed E-state index contributed by atoms with van der Waals surface area (Å²) < 4.78 is 5.43. The summed E-state index contributed by atoms with van der Waals surface area (Å²) in [6.07, 6.45) is 3.39. The maximum Gasteiger partial charge on any atom is 0.261 e. The summed E-state index contributed by atoms with van der Waals surface area (Å²) in [7, 11) is 1.74. The van der Waals surface area contributed by atoms with Crippen molar-refractivity contribution in [3.8, 4) is 5.75 Å². The fourth-order valence-electron chi connectivity index (χ4n) is 4.05. The first kappa shape index (κ1) is 18.9. The van der Waals surface area contributed by atoms with Crippen LogP contribution in [0, 0.1) is 5.92 Å². The number of rotatable bonds is 5. The molecule has 2 N–H and O–H groups in total. The molecular formula is C23H26N4O3. The van der Waals surface area contributed by atoms with E-state index in [1.807, 2.05) is 24.3 Å². The number of ether oxygens (including phenoxy) is 1. The van der Waals surface area contributed by atoms with Gasteiger partial charge in [0.1, 0.15) is 5.75 Å². The molecule has 0 unspecified atom stereocenters. The number of carbonyl (C=O) groups is 1. The Labute approximate surface area is 175 Å². The average molecular weight is 406 g/mol. The molecule has 2 fully saturated rings. The van der Waals surface area contributed by atoms with Crippen LogP contribution in [0.4, 0.5) is 11.4 Å². The number of H-pyrrole nitrogens is 1. The highest BCUT2D eigenvalue weighted by atomic mass is 16.5. The van der Waals surface area contributed by atoms with Crippen LogP contribution in [0.5, 0.6) is 5.75 Å². The zero-order chi connectivity index (χ0) is 20.7.